The normalized spacial score (nSPS) is 15.5. The van der Waals surface area contributed by atoms with Crippen LogP contribution in [0.2, 0.25) is 0 Å². The lowest BCUT2D eigenvalue weighted by Gasteiger charge is -2.37. The van der Waals surface area contributed by atoms with Crippen LogP contribution in [0.3, 0.4) is 0 Å². The average molecular weight is 337 g/mol. The number of carboxylic acid groups (broad SMARTS) is 1. The minimum absolute atomic E-state index is 0.359. The van der Waals surface area contributed by atoms with Crippen LogP contribution in [0.15, 0.2) is 54.8 Å². The molecule has 5 heteroatoms. The van der Waals surface area contributed by atoms with E-state index in [0.717, 1.165) is 43.0 Å². The number of carbonyl (C=O) groups is 1. The van der Waals surface area contributed by atoms with E-state index in [4.69, 9.17) is 5.26 Å². The van der Waals surface area contributed by atoms with Crippen molar-refractivity contribution in [1.29, 1.82) is 5.26 Å². The monoisotopic (exact) mass is 337 g/mol. The van der Waals surface area contributed by atoms with Gasteiger partial charge in [-0.2, -0.15) is 5.26 Å². The van der Waals surface area contributed by atoms with Crippen molar-refractivity contribution in [2.24, 2.45) is 0 Å². The number of carboxylic acids is 1. The van der Waals surface area contributed by atoms with E-state index in [1.165, 1.54) is 0 Å². The molecule has 0 atom stereocenters. The first-order valence-corrected chi connectivity index (χ1v) is 8.18. The summed E-state index contributed by atoms with van der Waals surface area (Å²) in [5.74, 6) is -0.890. The zero-order chi connectivity index (χ0) is 18.4. The van der Waals surface area contributed by atoms with E-state index in [-0.39, 0.29) is 0 Å². The summed E-state index contributed by atoms with van der Waals surface area (Å²) in [7, 11) is 0. The summed E-state index contributed by atoms with van der Waals surface area (Å²) in [6.07, 6.45) is 3.49. The van der Waals surface area contributed by atoms with Gasteiger partial charge in [0.25, 0.3) is 0 Å². The van der Waals surface area contributed by atoms with Crippen LogP contribution in [0, 0.1) is 18.3 Å². The molecule has 0 spiro atoms. The van der Waals surface area contributed by atoms with Crippen LogP contribution >= 0.6 is 0 Å². The maximum Gasteiger partial charge on any atom is 0.335 e. The number of hydrogen-bond donors (Lipinski definition) is 1. The number of nitriles is 1. The predicted octanol–water partition coefficient (Wildman–Crippen LogP) is 2.96. The van der Waals surface area contributed by atoms with Gasteiger partial charge in [-0.3, -0.25) is 4.90 Å². The van der Waals surface area contributed by atoms with E-state index in [1.807, 2.05) is 25.1 Å². The quantitative estimate of drug-likeness (QED) is 0.638. The number of rotatable bonds is 6. The number of allylic oxidation sites excluding steroid dienone is 3. The van der Waals surface area contributed by atoms with E-state index in [2.05, 4.69) is 29.0 Å². The number of hydrogen-bond acceptors (Lipinski definition) is 4. The number of aryl methyl sites for hydroxylation is 1. The Bertz CT molecular complexity index is 751. The first-order chi connectivity index (χ1) is 12.0. The lowest BCUT2D eigenvalue weighted by atomic mass is 10.0. The van der Waals surface area contributed by atoms with Gasteiger partial charge in [-0.25, -0.2) is 4.79 Å². The van der Waals surface area contributed by atoms with Crippen molar-refractivity contribution < 1.29 is 9.90 Å². The van der Waals surface area contributed by atoms with Crippen LogP contribution in [0.4, 0.5) is 0 Å². The molecular formula is C20H23N3O2. The summed E-state index contributed by atoms with van der Waals surface area (Å²) >= 11 is 0. The average Bonchev–Trinajstić information content (AvgIpc) is 2.61. The molecule has 0 saturated carbocycles. The van der Waals surface area contributed by atoms with Crippen LogP contribution in [0.25, 0.3) is 0 Å². The van der Waals surface area contributed by atoms with Crippen molar-refractivity contribution in [2.45, 2.75) is 13.5 Å². The topological polar surface area (TPSA) is 67.6 Å². The molecule has 1 heterocycles. The second kappa shape index (κ2) is 8.32. The zero-order valence-electron chi connectivity index (χ0n) is 14.5. The minimum Gasteiger partial charge on any atom is -0.478 e. The van der Waals surface area contributed by atoms with Crippen molar-refractivity contribution in [3.63, 3.8) is 0 Å². The van der Waals surface area contributed by atoms with Crippen LogP contribution in [-0.2, 0) is 6.54 Å². The van der Waals surface area contributed by atoms with Crippen molar-refractivity contribution in [1.82, 2.24) is 9.80 Å². The molecule has 1 aliphatic heterocycles. The molecule has 1 aromatic rings. The highest BCUT2D eigenvalue weighted by atomic mass is 16.4. The standard InChI is InChI=1S/C20H23N3O2/c1-4-5-19(16(3)13-21)23-10-8-22(9-11-23)14-17-7-6-15(2)18(12-17)20(24)25/h4-7,12H,1,3,8-11,14H2,2H3,(H,24,25)/b19-5+. The van der Waals surface area contributed by atoms with Gasteiger partial charge in [0.2, 0.25) is 0 Å². The summed E-state index contributed by atoms with van der Waals surface area (Å²) in [6, 6.07) is 7.69. The molecule has 0 radical (unpaired) electrons. The second-order valence-electron chi connectivity index (χ2n) is 6.10. The molecular weight excluding hydrogens is 314 g/mol. The molecule has 0 aliphatic carbocycles. The van der Waals surface area contributed by atoms with Gasteiger partial charge in [0.15, 0.2) is 0 Å². The molecule has 1 aliphatic rings. The van der Waals surface area contributed by atoms with E-state index in [9.17, 15) is 9.90 Å². The number of benzene rings is 1. The Kier molecular flexibility index (Phi) is 6.15. The van der Waals surface area contributed by atoms with Crippen molar-refractivity contribution in [3.05, 3.63) is 71.5 Å². The minimum atomic E-state index is -0.890. The van der Waals surface area contributed by atoms with Crippen molar-refractivity contribution >= 4 is 5.97 Å². The van der Waals surface area contributed by atoms with Gasteiger partial charge in [-0.1, -0.05) is 31.4 Å². The molecule has 1 aromatic carbocycles. The highest BCUT2D eigenvalue weighted by molar-refractivity contribution is 5.89. The SMILES string of the molecule is C=C/C=C(\C(=C)C#N)N1CCN(Cc2ccc(C)c(C(=O)O)c2)CC1. The Labute approximate surface area is 148 Å². The maximum absolute atomic E-state index is 11.3. The van der Waals surface area contributed by atoms with Gasteiger partial charge >= 0.3 is 5.97 Å². The summed E-state index contributed by atoms with van der Waals surface area (Å²) < 4.78 is 0. The molecule has 25 heavy (non-hydrogen) atoms. The third-order valence-corrected chi connectivity index (χ3v) is 4.37. The predicted molar refractivity (Wildman–Crippen MR) is 98.0 cm³/mol. The fourth-order valence-electron chi connectivity index (χ4n) is 2.97. The van der Waals surface area contributed by atoms with Gasteiger partial charge in [-0.15, -0.1) is 0 Å². The van der Waals surface area contributed by atoms with E-state index < -0.39 is 5.97 Å². The van der Waals surface area contributed by atoms with E-state index >= 15 is 0 Å². The highest BCUT2D eigenvalue weighted by Gasteiger charge is 2.20. The third-order valence-electron chi connectivity index (χ3n) is 4.37. The summed E-state index contributed by atoms with van der Waals surface area (Å²) in [6.45, 7) is 13.3. The number of aromatic carboxylic acids is 1. The Morgan fingerprint density at radius 2 is 2.04 bits per heavy atom. The highest BCUT2D eigenvalue weighted by Crippen LogP contribution is 2.18. The Morgan fingerprint density at radius 3 is 2.60 bits per heavy atom. The first kappa shape index (κ1) is 18.5. The van der Waals surface area contributed by atoms with E-state index in [0.29, 0.717) is 17.7 Å². The Balaban J connectivity index is 2.01. The molecule has 0 amide bonds. The third kappa shape index (κ3) is 4.59. The van der Waals surface area contributed by atoms with Crippen molar-refractivity contribution in [3.8, 4) is 6.07 Å². The maximum atomic E-state index is 11.3. The molecule has 130 valence electrons. The smallest absolute Gasteiger partial charge is 0.335 e. The molecule has 5 nitrogen and oxygen atoms in total. The lowest BCUT2D eigenvalue weighted by Crippen LogP contribution is -2.45. The zero-order valence-corrected chi connectivity index (χ0v) is 14.5. The summed E-state index contributed by atoms with van der Waals surface area (Å²) in [5, 5.41) is 18.3. The number of piperazine rings is 1. The van der Waals surface area contributed by atoms with Gasteiger partial charge in [0, 0.05) is 32.7 Å². The van der Waals surface area contributed by atoms with Crippen LogP contribution < -0.4 is 0 Å². The fraction of sp³-hybridized carbons (Fsp3) is 0.300. The van der Waals surface area contributed by atoms with Crippen LogP contribution in [0.5, 0.6) is 0 Å². The van der Waals surface area contributed by atoms with Gasteiger partial charge in [0.1, 0.15) is 6.07 Å². The van der Waals surface area contributed by atoms with Crippen LogP contribution in [0.1, 0.15) is 21.5 Å². The number of nitrogens with zero attached hydrogens (tertiary/aromatic N) is 3. The molecule has 0 aromatic heterocycles. The van der Waals surface area contributed by atoms with Gasteiger partial charge < -0.3 is 10.0 Å². The summed E-state index contributed by atoms with van der Waals surface area (Å²) in [4.78, 5) is 15.7. The van der Waals surface area contributed by atoms with E-state index in [1.54, 1.807) is 12.1 Å². The van der Waals surface area contributed by atoms with Gasteiger partial charge in [0.05, 0.1) is 16.8 Å². The molecule has 2 rings (SSSR count). The lowest BCUT2D eigenvalue weighted by molar-refractivity contribution is 0.0696. The Morgan fingerprint density at radius 1 is 1.36 bits per heavy atom. The Hall–Kier alpha value is -2.84. The van der Waals surface area contributed by atoms with Crippen LogP contribution in [-0.4, -0.2) is 47.1 Å². The summed E-state index contributed by atoms with van der Waals surface area (Å²) in [5.41, 5.74) is 3.39. The molecule has 1 fully saturated rings. The molecule has 1 N–H and O–H groups in total. The van der Waals surface area contributed by atoms with Crippen molar-refractivity contribution in [2.75, 3.05) is 26.2 Å². The van der Waals surface area contributed by atoms with Gasteiger partial charge in [-0.05, 0) is 30.2 Å². The second-order valence-corrected chi connectivity index (χ2v) is 6.10. The molecule has 0 unspecified atom stereocenters. The molecule has 0 bridgehead atoms. The largest absolute Gasteiger partial charge is 0.478 e. The fourth-order valence-corrected chi connectivity index (χ4v) is 2.97. The molecule has 1 saturated heterocycles. The first-order valence-electron chi connectivity index (χ1n) is 8.18.